The number of carboxylic acids is 1. The Kier molecular flexibility index (Phi) is 57.8. The van der Waals surface area contributed by atoms with Gasteiger partial charge in [-0.1, -0.05) is 345 Å². The van der Waals surface area contributed by atoms with Gasteiger partial charge in [-0.05, 0) is 121 Å². The molecule has 0 radical (unpaired) electrons. The molecule has 17 nitrogen and oxygen atoms in total. The number of carboxylic acid groups (broad SMARTS) is 1. The van der Waals surface area contributed by atoms with Gasteiger partial charge in [-0.15, -0.1) is 79.9 Å². The van der Waals surface area contributed by atoms with Gasteiger partial charge >= 0.3 is 46.9 Å². The van der Waals surface area contributed by atoms with E-state index in [0.717, 1.165) is 103 Å². The summed E-state index contributed by atoms with van der Waals surface area (Å²) in [4.78, 5) is 92.2. The zero-order valence-electron chi connectivity index (χ0n) is 78.9. The maximum Gasteiger partial charge on any atom is -0.0134 e. The SMILES string of the molecule is CC(=O)c1nc(-c2ccccc2)sc1Br.CCOC(C)=O.COCC#Cc1sc(-c2ccccc2)nc1C(C)=O.COCCCc1sc(-c2ccccc2)nc1C(=O)Cl.COCCCc1sc(-c2ccccc2)nc1C(=O)O.COCCCc1sc(-c2ccccc2)nc1C(C)=O.ClCCl.[Cl][Pd][Cl].c1ccc(P(c2ccccc2)c2ccccc2)cc1.c1ccc(P(c2ccccc2)c2ccccc2)cc1. The number of ether oxygens (including phenoxy) is 5. The zero-order valence-corrected chi connectivity index (χ0v) is 91.7. The van der Waals surface area contributed by atoms with Gasteiger partial charge in [0, 0.05) is 118 Å². The third kappa shape index (κ3) is 42.1. The fraction of sp³-hybridized carbons (Fsp3) is 0.191. The number of carbonyl (C=O) groups excluding carboxylic acids is 5. The van der Waals surface area contributed by atoms with Gasteiger partial charge in [0.15, 0.2) is 23.0 Å². The Morgan fingerprint density at radius 1 is 0.362 bits per heavy atom. The smallest absolute Gasteiger partial charge is 0.0134 e. The molecular weight excluding hydrogens is 2170 g/mol. The van der Waals surface area contributed by atoms with Crippen LogP contribution in [-0.2, 0) is 63.7 Å². The molecule has 0 fully saturated rings. The third-order valence-electron chi connectivity index (χ3n) is 18.9. The molecule has 5 heterocycles. The van der Waals surface area contributed by atoms with Crippen molar-refractivity contribution in [3.63, 3.8) is 0 Å². The number of halogens is 6. The molecule has 16 aromatic rings. The summed E-state index contributed by atoms with van der Waals surface area (Å²) in [5.41, 5.74) is 7.16. The molecule has 0 bridgehead atoms. The van der Waals surface area contributed by atoms with Gasteiger partial charge in [0.2, 0.25) is 0 Å². The zero-order chi connectivity index (χ0) is 102. The van der Waals surface area contributed by atoms with Crippen LogP contribution >= 0.6 is 142 Å². The van der Waals surface area contributed by atoms with E-state index in [1.165, 1.54) is 97.9 Å². The number of esters is 1. The summed E-state index contributed by atoms with van der Waals surface area (Å²) < 4.78 is 25.2. The largest absolute Gasteiger partial charge is 0.0622 e. The van der Waals surface area contributed by atoms with Gasteiger partial charge in [-0.25, -0.2) is 29.7 Å². The van der Waals surface area contributed by atoms with Gasteiger partial charge in [-0.3, -0.25) is 24.0 Å². The van der Waals surface area contributed by atoms with E-state index in [9.17, 15) is 33.9 Å². The van der Waals surface area contributed by atoms with Crippen LogP contribution in [0.1, 0.15) is 126 Å². The number of rotatable bonds is 30. The minimum absolute atomic E-state index is 0.0136. The van der Waals surface area contributed by atoms with Crippen molar-refractivity contribution in [2.75, 3.05) is 66.8 Å². The van der Waals surface area contributed by atoms with Crippen LogP contribution in [0.25, 0.3) is 52.9 Å². The predicted octanol–water partition coefficient (Wildman–Crippen LogP) is 27.5. The minimum Gasteiger partial charge on any atom is -0.0622 e. The fourth-order valence-electron chi connectivity index (χ4n) is 12.7. The Hall–Kier alpha value is -9.96. The van der Waals surface area contributed by atoms with Crippen molar-refractivity contribution in [2.24, 2.45) is 0 Å². The maximum absolute atomic E-state index is 11.7. The molecule has 31 heteroatoms. The molecule has 0 saturated heterocycles. The van der Waals surface area contributed by atoms with Crippen LogP contribution in [0, 0.1) is 11.8 Å². The number of carbonyl (C=O) groups is 6. The number of aromatic carboxylic acids is 1. The van der Waals surface area contributed by atoms with Crippen molar-refractivity contribution in [1.82, 2.24) is 24.9 Å². The summed E-state index contributed by atoms with van der Waals surface area (Å²) >= 11 is 25.8. The van der Waals surface area contributed by atoms with Gasteiger partial charge < -0.3 is 28.8 Å². The average molecular weight is 2280 g/mol. The van der Waals surface area contributed by atoms with E-state index in [4.69, 9.17) is 72.8 Å². The first-order chi connectivity index (χ1) is 68.6. The molecular formula is C110H107BrCl5N5O12P2PdS5. The Morgan fingerprint density at radius 3 is 0.844 bits per heavy atom. The van der Waals surface area contributed by atoms with Crippen molar-refractivity contribution in [3.8, 4) is 64.7 Å². The van der Waals surface area contributed by atoms with Crippen LogP contribution in [0.2, 0.25) is 0 Å². The molecule has 0 unspecified atom stereocenters. The first-order valence-electron chi connectivity index (χ1n) is 43.9. The summed E-state index contributed by atoms with van der Waals surface area (Å²) in [5.74, 6) is 4.58. The number of nitrogens with zero attached hydrogens (tertiary/aromatic N) is 5. The molecule has 0 spiro atoms. The molecule has 0 aliphatic rings. The molecule has 0 aliphatic carbocycles. The summed E-state index contributed by atoms with van der Waals surface area (Å²) in [6, 6.07) is 114. The first kappa shape index (κ1) is 118. The molecule has 5 aromatic heterocycles. The van der Waals surface area contributed by atoms with Crippen molar-refractivity contribution >= 4 is 209 Å². The molecule has 0 atom stereocenters. The van der Waals surface area contributed by atoms with E-state index in [-0.39, 0.29) is 50.3 Å². The molecule has 16 rings (SSSR count). The number of methoxy groups -OCH3 is 4. The number of hydrogen-bond donors (Lipinski definition) is 1. The second-order valence-electron chi connectivity index (χ2n) is 29.1. The topological polar surface area (TPSA) is 233 Å². The predicted molar refractivity (Wildman–Crippen MR) is 593 cm³/mol. The Morgan fingerprint density at radius 2 is 0.603 bits per heavy atom. The first-order valence-corrected chi connectivity index (χ1v) is 56.9. The number of ketones is 3. The molecule has 736 valence electrons. The minimum atomic E-state index is -0.967. The number of thiazole rings is 5. The number of alkyl halides is 2. The van der Waals surface area contributed by atoms with Crippen LogP contribution in [0.4, 0.5) is 0 Å². The van der Waals surface area contributed by atoms with E-state index in [1.807, 2.05) is 152 Å². The maximum atomic E-state index is 11.7. The third-order valence-corrected chi connectivity index (χ3v) is 30.2. The van der Waals surface area contributed by atoms with Crippen LogP contribution in [-0.4, -0.2) is 131 Å². The second-order valence-corrected chi connectivity index (χ2v) is 43.6. The van der Waals surface area contributed by atoms with Gasteiger partial charge in [0.1, 0.15) is 63.1 Å². The average Bonchev–Trinajstić information content (AvgIpc) is 1.47. The fourth-order valence-corrected chi connectivity index (χ4v) is 23.6. The van der Waals surface area contributed by atoms with E-state index >= 15 is 0 Å². The molecule has 11 aromatic carbocycles. The summed E-state index contributed by atoms with van der Waals surface area (Å²) in [6.07, 6.45) is 4.84. The number of hydrogen-bond acceptors (Lipinski definition) is 21. The van der Waals surface area contributed by atoms with E-state index in [2.05, 4.69) is 239 Å². The van der Waals surface area contributed by atoms with Crippen LogP contribution in [0.15, 0.2) is 337 Å². The quantitative estimate of drug-likeness (QED) is 0.00644. The van der Waals surface area contributed by atoms with Gasteiger partial charge in [-0.2, -0.15) is 0 Å². The molecule has 1 N–H and O–H groups in total. The van der Waals surface area contributed by atoms with E-state index in [0.29, 0.717) is 67.1 Å². The van der Waals surface area contributed by atoms with Crippen molar-refractivity contribution in [3.05, 3.63) is 385 Å². The number of aryl methyl sites for hydroxylation is 3. The molecule has 0 amide bonds. The van der Waals surface area contributed by atoms with Crippen LogP contribution < -0.4 is 31.8 Å². The summed E-state index contributed by atoms with van der Waals surface area (Å²) in [5, 5.41) is 21.5. The number of aromatic nitrogens is 5. The van der Waals surface area contributed by atoms with Gasteiger partial charge in [0.25, 0.3) is 5.24 Å². The van der Waals surface area contributed by atoms with Crippen LogP contribution in [0.5, 0.6) is 0 Å². The monoisotopic (exact) mass is 2270 g/mol. The second kappa shape index (κ2) is 69.1. The normalized spacial score (nSPS) is 10.2. The Labute approximate surface area is 888 Å². The molecule has 141 heavy (non-hydrogen) atoms. The number of Topliss-reactive ketones (excluding diaryl/α,β-unsaturated/α-hetero) is 3. The van der Waals surface area contributed by atoms with Crippen molar-refractivity contribution in [1.29, 1.82) is 0 Å². The van der Waals surface area contributed by atoms with Gasteiger partial charge in [0.05, 0.1) is 11.9 Å². The van der Waals surface area contributed by atoms with E-state index < -0.39 is 27.1 Å². The Bertz CT molecular complexity index is 5830. The molecule has 0 saturated carbocycles. The summed E-state index contributed by atoms with van der Waals surface area (Å²) in [6.45, 7) is 10.6. The summed E-state index contributed by atoms with van der Waals surface area (Å²) in [7, 11) is 15.3. The number of benzene rings is 11. The Balaban J connectivity index is 0.000000219. The molecule has 0 aliphatic heterocycles. The van der Waals surface area contributed by atoms with Crippen molar-refractivity contribution in [2.45, 2.75) is 73.1 Å². The van der Waals surface area contributed by atoms with Crippen molar-refractivity contribution < 1.29 is 73.5 Å². The van der Waals surface area contributed by atoms with Crippen LogP contribution in [0.3, 0.4) is 0 Å². The van der Waals surface area contributed by atoms with E-state index in [1.54, 1.807) is 53.6 Å². The standard InChI is InChI=1S/2C18H15P.C15H17NO2S.C15H13NO2S.C14H14ClNO2S.C14H15NO3S.C11H8BrNOS.C4H8O2.CH2Cl2.2ClH.Pd/c2*1-4-10-16(11-5-1)19(17-12-6-2-7-13-17)18-14-8-3-9-15-18;2*1-11(17)14-13(9-6-10-18-2)19-15(16-14)12-7-4-3-5-8-12;1-18-9-5-8-11-12(13(15)17)16-14(19-11)10-6-3-2-4-7-10;1-18-9-5-8-11-12(14(16)17)15-13(19-11)10-6-3-2-4-7-10;1-7(14)9-10(12)15-11(13-9)8-5-3-2-4-6-8;1-3-6-4(2)5;2-1-3;;;/h2*1-15H;3-5,7-8H,6,9-10H2,1-2H3;3-5,7-8H,10H2,1-2H3;2-4,6-7H,5,8-9H2,1H3;2-4,6-7H,5,8-9H2,1H3,(H,16,17);2-6H,1H3;3H2,1-2H3;1H2;2*1H;/q;;;;;;;;;;;+2/p-2.